The largest absolute Gasteiger partial charge is 0.465 e. The van der Waals surface area contributed by atoms with Gasteiger partial charge in [-0.2, -0.15) is 0 Å². The number of ether oxygens (including phenoxy) is 2. The predicted molar refractivity (Wildman–Crippen MR) is 103 cm³/mol. The van der Waals surface area contributed by atoms with Gasteiger partial charge < -0.3 is 14.8 Å². The molecule has 0 atom stereocenters. The van der Waals surface area contributed by atoms with E-state index in [1.54, 1.807) is 6.07 Å². The zero-order valence-electron chi connectivity index (χ0n) is 14.3. The Hall–Kier alpha value is -2.09. The number of aryl methyl sites for hydroxylation is 1. The number of anilines is 1. The standard InChI is InChI=1S/C18H15Cl2NO5S/c1-25-18(24)14-9-4-3-7-12(9)27-16(14)21-13(22)8-26-17(23)10-5-2-6-11(19)15(10)20/h2,5-6H,3-4,7-8H2,1H3,(H,21,22). The molecular weight excluding hydrogens is 413 g/mol. The van der Waals surface area contributed by atoms with Crippen LogP contribution in [0.4, 0.5) is 5.00 Å². The van der Waals surface area contributed by atoms with Crippen molar-refractivity contribution in [3.8, 4) is 0 Å². The van der Waals surface area contributed by atoms with E-state index in [0.717, 1.165) is 29.7 Å². The lowest BCUT2D eigenvalue weighted by Crippen LogP contribution is -2.22. The second-order valence-electron chi connectivity index (χ2n) is 5.78. The number of carbonyl (C=O) groups is 3. The van der Waals surface area contributed by atoms with Gasteiger partial charge in [0.1, 0.15) is 5.00 Å². The Kier molecular flexibility index (Phi) is 6.04. The van der Waals surface area contributed by atoms with E-state index in [0.29, 0.717) is 10.6 Å². The van der Waals surface area contributed by atoms with Crippen molar-refractivity contribution in [1.29, 1.82) is 0 Å². The van der Waals surface area contributed by atoms with Gasteiger partial charge in [0, 0.05) is 4.88 Å². The van der Waals surface area contributed by atoms with E-state index in [1.165, 1.54) is 30.6 Å². The highest BCUT2D eigenvalue weighted by Crippen LogP contribution is 2.39. The molecular formula is C18H15Cl2NO5S. The molecule has 0 unspecified atom stereocenters. The number of amides is 1. The van der Waals surface area contributed by atoms with E-state index in [1.807, 2.05) is 0 Å². The van der Waals surface area contributed by atoms with Gasteiger partial charge in [0.15, 0.2) is 6.61 Å². The summed E-state index contributed by atoms with van der Waals surface area (Å²) in [6, 6.07) is 4.55. The molecule has 0 bridgehead atoms. The van der Waals surface area contributed by atoms with Crippen molar-refractivity contribution >= 4 is 57.4 Å². The summed E-state index contributed by atoms with van der Waals surface area (Å²) in [7, 11) is 1.30. The van der Waals surface area contributed by atoms with Crippen molar-refractivity contribution in [2.24, 2.45) is 0 Å². The van der Waals surface area contributed by atoms with E-state index in [9.17, 15) is 14.4 Å². The lowest BCUT2D eigenvalue weighted by molar-refractivity contribution is -0.119. The minimum Gasteiger partial charge on any atom is -0.465 e. The van der Waals surface area contributed by atoms with E-state index < -0.39 is 24.5 Å². The van der Waals surface area contributed by atoms with Crippen molar-refractivity contribution in [3.05, 3.63) is 49.8 Å². The third-order valence-electron chi connectivity index (χ3n) is 4.07. The van der Waals surface area contributed by atoms with Gasteiger partial charge in [0.05, 0.1) is 28.3 Å². The molecule has 0 saturated heterocycles. The van der Waals surface area contributed by atoms with Crippen LogP contribution in [0.5, 0.6) is 0 Å². The quantitative estimate of drug-likeness (QED) is 0.725. The molecule has 2 aromatic rings. The Morgan fingerprint density at radius 1 is 1.19 bits per heavy atom. The van der Waals surface area contributed by atoms with Gasteiger partial charge in [-0.05, 0) is 37.0 Å². The molecule has 3 rings (SSSR count). The highest BCUT2D eigenvalue weighted by atomic mass is 35.5. The summed E-state index contributed by atoms with van der Waals surface area (Å²) >= 11 is 13.2. The fourth-order valence-electron chi connectivity index (χ4n) is 2.84. The molecule has 1 amide bonds. The van der Waals surface area contributed by atoms with Gasteiger partial charge in [-0.15, -0.1) is 11.3 Å². The first kappa shape index (κ1) is 19.7. The molecule has 0 aliphatic heterocycles. The number of thiophene rings is 1. The van der Waals surface area contributed by atoms with Gasteiger partial charge in [0.25, 0.3) is 5.91 Å². The molecule has 0 spiro atoms. The molecule has 6 nitrogen and oxygen atoms in total. The van der Waals surface area contributed by atoms with Crippen molar-refractivity contribution in [2.75, 3.05) is 19.0 Å². The van der Waals surface area contributed by atoms with Crippen LogP contribution in [0.3, 0.4) is 0 Å². The Morgan fingerprint density at radius 3 is 2.70 bits per heavy atom. The lowest BCUT2D eigenvalue weighted by Gasteiger charge is -2.09. The topological polar surface area (TPSA) is 81.7 Å². The number of hydrogen-bond acceptors (Lipinski definition) is 6. The van der Waals surface area contributed by atoms with Crippen molar-refractivity contribution in [3.63, 3.8) is 0 Å². The van der Waals surface area contributed by atoms with Crippen LogP contribution in [-0.4, -0.2) is 31.6 Å². The number of hydrogen-bond donors (Lipinski definition) is 1. The summed E-state index contributed by atoms with van der Waals surface area (Å²) in [5.74, 6) is -1.82. The first-order chi connectivity index (χ1) is 12.9. The predicted octanol–water partition coefficient (Wildman–Crippen LogP) is 4.13. The third kappa shape index (κ3) is 4.10. The summed E-state index contributed by atoms with van der Waals surface area (Å²) in [5.41, 5.74) is 1.37. The number of esters is 2. The molecule has 0 radical (unpaired) electrons. The van der Waals surface area contributed by atoms with E-state index in [4.69, 9.17) is 32.7 Å². The lowest BCUT2D eigenvalue weighted by atomic mass is 10.1. The van der Waals surface area contributed by atoms with Gasteiger partial charge >= 0.3 is 11.9 Å². The van der Waals surface area contributed by atoms with Gasteiger partial charge in [-0.1, -0.05) is 29.3 Å². The van der Waals surface area contributed by atoms with E-state index in [-0.39, 0.29) is 15.6 Å². The number of benzene rings is 1. The molecule has 0 fully saturated rings. The monoisotopic (exact) mass is 427 g/mol. The highest BCUT2D eigenvalue weighted by Gasteiger charge is 2.28. The molecule has 1 aromatic carbocycles. The number of fused-ring (bicyclic) bond motifs is 1. The zero-order chi connectivity index (χ0) is 19.6. The number of nitrogens with one attached hydrogen (secondary N) is 1. The average molecular weight is 428 g/mol. The van der Waals surface area contributed by atoms with Crippen molar-refractivity contribution in [2.45, 2.75) is 19.3 Å². The highest BCUT2D eigenvalue weighted by molar-refractivity contribution is 7.17. The summed E-state index contributed by atoms with van der Waals surface area (Å²) < 4.78 is 9.82. The van der Waals surface area contributed by atoms with Gasteiger partial charge in [0.2, 0.25) is 0 Å². The van der Waals surface area contributed by atoms with Crippen LogP contribution in [0.1, 0.15) is 37.6 Å². The smallest absolute Gasteiger partial charge is 0.341 e. The molecule has 27 heavy (non-hydrogen) atoms. The maximum Gasteiger partial charge on any atom is 0.341 e. The second-order valence-corrected chi connectivity index (χ2v) is 7.67. The normalized spacial score (nSPS) is 12.4. The molecule has 1 aromatic heterocycles. The number of carbonyl (C=O) groups excluding carboxylic acids is 3. The molecule has 1 aliphatic rings. The van der Waals surface area contributed by atoms with Gasteiger partial charge in [-0.25, -0.2) is 9.59 Å². The fraction of sp³-hybridized carbons (Fsp3) is 0.278. The minimum atomic E-state index is -0.764. The van der Waals surface area contributed by atoms with Crippen LogP contribution in [-0.2, 0) is 27.1 Å². The van der Waals surface area contributed by atoms with Crippen LogP contribution in [0.15, 0.2) is 18.2 Å². The summed E-state index contributed by atoms with van der Waals surface area (Å²) in [6.07, 6.45) is 2.61. The average Bonchev–Trinajstić information content (AvgIpc) is 3.22. The van der Waals surface area contributed by atoms with E-state index >= 15 is 0 Å². The van der Waals surface area contributed by atoms with Crippen LogP contribution >= 0.6 is 34.5 Å². The van der Waals surface area contributed by atoms with E-state index in [2.05, 4.69) is 5.32 Å². The third-order valence-corrected chi connectivity index (χ3v) is 6.10. The molecule has 1 heterocycles. The summed E-state index contributed by atoms with van der Waals surface area (Å²) in [4.78, 5) is 37.4. The van der Waals surface area contributed by atoms with Crippen molar-refractivity contribution in [1.82, 2.24) is 0 Å². The minimum absolute atomic E-state index is 0.0623. The van der Waals surface area contributed by atoms with Crippen LogP contribution in [0, 0.1) is 0 Å². The molecule has 142 valence electrons. The summed E-state index contributed by atoms with van der Waals surface area (Å²) in [6.45, 7) is -0.523. The molecule has 1 aliphatic carbocycles. The number of halogens is 2. The second kappa shape index (κ2) is 8.29. The SMILES string of the molecule is COC(=O)c1c(NC(=O)COC(=O)c2cccc(Cl)c2Cl)sc2c1CCC2. The first-order valence-corrected chi connectivity index (χ1v) is 9.63. The fourth-order valence-corrected chi connectivity index (χ4v) is 4.51. The Morgan fingerprint density at radius 2 is 1.96 bits per heavy atom. The Bertz CT molecular complexity index is 925. The maximum absolute atomic E-state index is 12.2. The Balaban J connectivity index is 1.67. The number of methoxy groups -OCH3 is 1. The van der Waals surface area contributed by atoms with Crippen LogP contribution < -0.4 is 5.32 Å². The first-order valence-electron chi connectivity index (χ1n) is 8.06. The molecule has 0 saturated carbocycles. The molecule has 9 heteroatoms. The summed E-state index contributed by atoms with van der Waals surface area (Å²) in [5, 5.41) is 3.32. The van der Waals surface area contributed by atoms with Crippen LogP contribution in [0.25, 0.3) is 0 Å². The van der Waals surface area contributed by atoms with Crippen molar-refractivity contribution < 1.29 is 23.9 Å². The molecule has 1 N–H and O–H groups in total. The zero-order valence-corrected chi connectivity index (χ0v) is 16.6. The Labute approximate surface area is 169 Å². The van der Waals surface area contributed by atoms with Crippen LogP contribution in [0.2, 0.25) is 10.0 Å². The maximum atomic E-state index is 12.2. The van der Waals surface area contributed by atoms with Gasteiger partial charge in [-0.3, -0.25) is 4.79 Å². The number of rotatable bonds is 5.